The maximum atomic E-state index is 12.0. The summed E-state index contributed by atoms with van der Waals surface area (Å²) in [5, 5.41) is 9.14. The Labute approximate surface area is 163 Å². The standard InChI is InChI=1S/C19H27N5O2S/c1-13(2)24-18(25)7-6-17(22-24)23-9-4-3-5-14(23)11-20-19-21-15-8-10-26-12-16(15)27-19/h6-7,13-14H,3-5,8-12H2,1-2H3,(H,20,21). The molecule has 1 N–H and O–H groups in total. The van der Waals surface area contributed by atoms with Crippen LogP contribution in [0.2, 0.25) is 0 Å². The number of nitrogens with one attached hydrogen (secondary N) is 1. The number of piperidine rings is 1. The molecule has 0 spiro atoms. The molecule has 1 unspecified atom stereocenters. The molecular weight excluding hydrogens is 362 g/mol. The third-order valence-corrected chi connectivity index (χ3v) is 6.23. The Kier molecular flexibility index (Phi) is 5.45. The summed E-state index contributed by atoms with van der Waals surface area (Å²) in [6.07, 6.45) is 4.39. The fraction of sp³-hybridized carbons (Fsp3) is 0.632. The Balaban J connectivity index is 1.48. The SMILES string of the molecule is CC(C)n1nc(N2CCCCC2CNc2nc3c(s2)COCC3)ccc1=O. The topological polar surface area (TPSA) is 72.3 Å². The van der Waals surface area contributed by atoms with Gasteiger partial charge in [0.15, 0.2) is 5.13 Å². The molecule has 1 saturated heterocycles. The minimum absolute atomic E-state index is 0.0454. The van der Waals surface area contributed by atoms with Gasteiger partial charge in [0.25, 0.3) is 5.56 Å². The van der Waals surface area contributed by atoms with Crippen LogP contribution < -0.4 is 15.8 Å². The van der Waals surface area contributed by atoms with E-state index in [9.17, 15) is 4.79 Å². The van der Waals surface area contributed by atoms with Crippen LogP contribution in [0, 0.1) is 0 Å². The third-order valence-electron chi connectivity index (χ3n) is 5.21. The van der Waals surface area contributed by atoms with Crippen molar-refractivity contribution < 1.29 is 4.74 Å². The number of fused-ring (bicyclic) bond motifs is 1. The van der Waals surface area contributed by atoms with Crippen molar-refractivity contribution in [1.29, 1.82) is 0 Å². The van der Waals surface area contributed by atoms with Crippen LogP contribution in [-0.4, -0.2) is 40.5 Å². The lowest BCUT2D eigenvalue weighted by atomic mass is 10.0. The largest absolute Gasteiger partial charge is 0.375 e. The fourth-order valence-corrected chi connectivity index (χ4v) is 4.71. The van der Waals surface area contributed by atoms with Gasteiger partial charge in [-0.3, -0.25) is 4.79 Å². The first kappa shape index (κ1) is 18.4. The summed E-state index contributed by atoms with van der Waals surface area (Å²) in [5.41, 5.74) is 1.14. The Hall–Kier alpha value is -1.93. The van der Waals surface area contributed by atoms with E-state index < -0.39 is 0 Å². The van der Waals surface area contributed by atoms with Crippen molar-refractivity contribution in [3.63, 3.8) is 0 Å². The monoisotopic (exact) mass is 389 g/mol. The molecule has 8 heteroatoms. The third kappa shape index (κ3) is 4.01. The summed E-state index contributed by atoms with van der Waals surface area (Å²) >= 11 is 1.70. The summed E-state index contributed by atoms with van der Waals surface area (Å²) in [5.74, 6) is 0.890. The zero-order chi connectivity index (χ0) is 18.8. The van der Waals surface area contributed by atoms with E-state index in [1.807, 2.05) is 19.9 Å². The molecule has 4 rings (SSSR count). The number of hydrogen-bond acceptors (Lipinski definition) is 7. The van der Waals surface area contributed by atoms with Crippen LogP contribution in [0.4, 0.5) is 10.9 Å². The van der Waals surface area contributed by atoms with E-state index in [1.54, 1.807) is 22.1 Å². The van der Waals surface area contributed by atoms with E-state index in [4.69, 9.17) is 9.72 Å². The number of anilines is 2. The van der Waals surface area contributed by atoms with Crippen molar-refractivity contribution in [2.24, 2.45) is 0 Å². The minimum atomic E-state index is -0.0454. The fourth-order valence-electron chi connectivity index (χ4n) is 3.76. The van der Waals surface area contributed by atoms with Gasteiger partial charge in [-0.2, -0.15) is 5.10 Å². The molecule has 146 valence electrons. The highest BCUT2D eigenvalue weighted by molar-refractivity contribution is 7.15. The summed E-state index contributed by atoms with van der Waals surface area (Å²) in [4.78, 5) is 20.4. The van der Waals surface area contributed by atoms with Crippen molar-refractivity contribution in [3.05, 3.63) is 33.1 Å². The first-order valence-corrected chi connectivity index (χ1v) is 10.6. The lowest BCUT2D eigenvalue weighted by Gasteiger charge is -2.36. The summed E-state index contributed by atoms with van der Waals surface area (Å²) in [6, 6.07) is 3.90. The van der Waals surface area contributed by atoms with Gasteiger partial charge in [-0.1, -0.05) is 11.3 Å². The lowest BCUT2D eigenvalue weighted by Crippen LogP contribution is -2.45. The zero-order valence-electron chi connectivity index (χ0n) is 16.0. The molecule has 0 amide bonds. The van der Waals surface area contributed by atoms with Gasteiger partial charge in [0.1, 0.15) is 5.82 Å². The average Bonchev–Trinajstić information content (AvgIpc) is 3.10. The first-order chi connectivity index (χ1) is 13.1. The number of rotatable bonds is 5. The molecule has 0 aromatic carbocycles. The van der Waals surface area contributed by atoms with Crippen molar-refractivity contribution >= 4 is 22.3 Å². The molecule has 0 radical (unpaired) electrons. The zero-order valence-corrected chi connectivity index (χ0v) is 16.8. The second kappa shape index (κ2) is 7.98. The van der Waals surface area contributed by atoms with Crippen LogP contribution in [0.3, 0.4) is 0 Å². The predicted molar refractivity (Wildman–Crippen MR) is 108 cm³/mol. The summed E-state index contributed by atoms with van der Waals surface area (Å²) in [7, 11) is 0. The Bertz CT molecular complexity index is 823. The highest BCUT2D eigenvalue weighted by Crippen LogP contribution is 2.28. The molecular formula is C19H27N5O2S. The molecule has 27 heavy (non-hydrogen) atoms. The van der Waals surface area contributed by atoms with Crippen molar-refractivity contribution in [2.75, 3.05) is 29.9 Å². The molecule has 2 aliphatic rings. The predicted octanol–water partition coefficient (Wildman–Crippen LogP) is 2.82. The van der Waals surface area contributed by atoms with Crippen LogP contribution in [-0.2, 0) is 17.8 Å². The number of ether oxygens (including phenoxy) is 1. The average molecular weight is 390 g/mol. The quantitative estimate of drug-likeness (QED) is 0.848. The lowest BCUT2D eigenvalue weighted by molar-refractivity contribution is 0.112. The first-order valence-electron chi connectivity index (χ1n) is 9.78. The second-order valence-electron chi connectivity index (χ2n) is 7.48. The van der Waals surface area contributed by atoms with Crippen LogP contribution in [0.1, 0.15) is 49.7 Å². The number of hydrogen-bond donors (Lipinski definition) is 1. The van der Waals surface area contributed by atoms with E-state index in [0.717, 1.165) is 49.9 Å². The van der Waals surface area contributed by atoms with Gasteiger partial charge in [-0.15, -0.1) is 0 Å². The number of thiazole rings is 1. The van der Waals surface area contributed by atoms with Gasteiger partial charge >= 0.3 is 0 Å². The highest BCUT2D eigenvalue weighted by Gasteiger charge is 2.25. The van der Waals surface area contributed by atoms with Gasteiger partial charge in [-0.05, 0) is 39.2 Å². The van der Waals surface area contributed by atoms with E-state index in [-0.39, 0.29) is 11.6 Å². The Morgan fingerprint density at radius 2 is 2.26 bits per heavy atom. The van der Waals surface area contributed by atoms with Crippen molar-refractivity contribution in [2.45, 2.75) is 58.2 Å². The van der Waals surface area contributed by atoms with Crippen LogP contribution in [0.25, 0.3) is 0 Å². The number of nitrogens with zero attached hydrogens (tertiary/aromatic N) is 4. The summed E-state index contributed by atoms with van der Waals surface area (Å²) < 4.78 is 7.09. The van der Waals surface area contributed by atoms with Gasteiger partial charge in [-0.25, -0.2) is 9.67 Å². The maximum absolute atomic E-state index is 12.0. The molecule has 1 atom stereocenters. The van der Waals surface area contributed by atoms with E-state index in [2.05, 4.69) is 15.3 Å². The molecule has 2 aliphatic heterocycles. The van der Waals surface area contributed by atoms with E-state index in [0.29, 0.717) is 12.6 Å². The van der Waals surface area contributed by atoms with E-state index >= 15 is 0 Å². The normalized spacial score (nSPS) is 20.0. The van der Waals surface area contributed by atoms with Crippen molar-refractivity contribution in [3.8, 4) is 0 Å². The van der Waals surface area contributed by atoms with Crippen LogP contribution in [0.15, 0.2) is 16.9 Å². The van der Waals surface area contributed by atoms with Gasteiger partial charge in [0.05, 0.1) is 29.8 Å². The Morgan fingerprint density at radius 1 is 1.37 bits per heavy atom. The van der Waals surface area contributed by atoms with Gasteiger partial charge in [0.2, 0.25) is 0 Å². The highest BCUT2D eigenvalue weighted by atomic mass is 32.1. The second-order valence-corrected chi connectivity index (χ2v) is 8.57. The smallest absolute Gasteiger partial charge is 0.267 e. The van der Waals surface area contributed by atoms with Gasteiger partial charge in [0, 0.05) is 31.6 Å². The molecule has 0 saturated carbocycles. The molecule has 7 nitrogen and oxygen atoms in total. The van der Waals surface area contributed by atoms with E-state index in [1.165, 1.54) is 17.0 Å². The maximum Gasteiger partial charge on any atom is 0.267 e. The molecule has 1 fully saturated rings. The Morgan fingerprint density at radius 3 is 3.07 bits per heavy atom. The van der Waals surface area contributed by atoms with Crippen molar-refractivity contribution in [1.82, 2.24) is 14.8 Å². The molecule has 0 aliphatic carbocycles. The molecule has 2 aromatic rings. The molecule has 2 aromatic heterocycles. The minimum Gasteiger partial charge on any atom is -0.375 e. The molecule has 0 bridgehead atoms. The van der Waals surface area contributed by atoms with Crippen LogP contribution in [0.5, 0.6) is 0 Å². The number of aromatic nitrogens is 3. The molecule has 4 heterocycles. The van der Waals surface area contributed by atoms with Gasteiger partial charge < -0.3 is 15.0 Å². The van der Waals surface area contributed by atoms with Crippen LogP contribution >= 0.6 is 11.3 Å². The summed E-state index contributed by atoms with van der Waals surface area (Å²) in [6.45, 7) is 7.23.